The second-order valence-corrected chi connectivity index (χ2v) is 9.07. The summed E-state index contributed by atoms with van der Waals surface area (Å²) in [4.78, 5) is 32.8. The van der Waals surface area contributed by atoms with E-state index in [2.05, 4.69) is 15.2 Å². The minimum Gasteiger partial charge on any atom is -0.381 e. The van der Waals surface area contributed by atoms with Gasteiger partial charge in [-0.25, -0.2) is 0 Å². The summed E-state index contributed by atoms with van der Waals surface area (Å²) in [6.45, 7) is 3.57. The number of fused-ring (bicyclic) bond motifs is 1. The van der Waals surface area contributed by atoms with Gasteiger partial charge in [-0.3, -0.25) is 14.5 Å². The van der Waals surface area contributed by atoms with Crippen LogP contribution in [0.5, 0.6) is 0 Å². The van der Waals surface area contributed by atoms with Crippen molar-refractivity contribution >= 4 is 34.1 Å². The van der Waals surface area contributed by atoms with Crippen molar-refractivity contribution in [2.24, 2.45) is 5.73 Å². The Kier molecular flexibility index (Phi) is 6.62. The summed E-state index contributed by atoms with van der Waals surface area (Å²) in [5.41, 5.74) is 9.76. The van der Waals surface area contributed by atoms with Crippen LogP contribution in [0.3, 0.4) is 0 Å². The molecule has 0 aliphatic carbocycles. The van der Waals surface area contributed by atoms with E-state index in [1.54, 1.807) is 0 Å². The van der Waals surface area contributed by atoms with Gasteiger partial charge in [-0.05, 0) is 55.2 Å². The summed E-state index contributed by atoms with van der Waals surface area (Å²) < 4.78 is 5.45. The van der Waals surface area contributed by atoms with Gasteiger partial charge in [0.15, 0.2) is 0 Å². The van der Waals surface area contributed by atoms with E-state index < -0.39 is 6.04 Å². The van der Waals surface area contributed by atoms with Crippen molar-refractivity contribution in [3.63, 3.8) is 0 Å². The van der Waals surface area contributed by atoms with E-state index in [1.807, 2.05) is 59.6 Å². The number of amides is 2. The highest BCUT2D eigenvalue weighted by Crippen LogP contribution is 2.24. The first-order valence-electron chi connectivity index (χ1n) is 11.9. The van der Waals surface area contributed by atoms with Crippen molar-refractivity contribution in [1.82, 2.24) is 9.88 Å². The molecule has 0 radical (unpaired) electrons. The number of benzene rings is 2. The maximum Gasteiger partial charge on any atom is 0.241 e. The van der Waals surface area contributed by atoms with Crippen LogP contribution in [0, 0.1) is 0 Å². The zero-order valence-electron chi connectivity index (χ0n) is 19.2. The highest BCUT2D eigenvalue weighted by atomic mass is 16.5. The lowest BCUT2D eigenvalue weighted by molar-refractivity contribution is -0.122. The van der Waals surface area contributed by atoms with Crippen molar-refractivity contribution in [2.45, 2.75) is 31.3 Å². The van der Waals surface area contributed by atoms with E-state index in [0.717, 1.165) is 60.4 Å². The Labute approximate surface area is 199 Å². The molecule has 3 aromatic rings. The van der Waals surface area contributed by atoms with Gasteiger partial charge >= 0.3 is 0 Å². The Morgan fingerprint density at radius 2 is 1.91 bits per heavy atom. The van der Waals surface area contributed by atoms with Crippen molar-refractivity contribution in [3.05, 3.63) is 60.3 Å². The Morgan fingerprint density at radius 3 is 2.68 bits per heavy atom. The van der Waals surface area contributed by atoms with E-state index in [-0.39, 0.29) is 11.8 Å². The van der Waals surface area contributed by atoms with E-state index >= 15 is 0 Å². The van der Waals surface area contributed by atoms with Crippen LogP contribution < -0.4 is 16.0 Å². The predicted molar refractivity (Wildman–Crippen MR) is 133 cm³/mol. The number of H-pyrrole nitrogens is 1. The average molecular weight is 462 g/mol. The number of nitrogens with zero attached hydrogens (tertiary/aromatic N) is 2. The molecule has 2 aliphatic heterocycles. The third-order valence-electron chi connectivity index (χ3n) is 6.85. The van der Waals surface area contributed by atoms with Gasteiger partial charge in [0.25, 0.3) is 0 Å². The number of hydrogen-bond donors (Lipinski definition) is 3. The molecule has 178 valence electrons. The third kappa shape index (κ3) is 4.84. The van der Waals surface area contributed by atoms with Gasteiger partial charge in [0.05, 0.1) is 18.3 Å². The minimum absolute atomic E-state index is 0.125. The van der Waals surface area contributed by atoms with Crippen LogP contribution in [0.15, 0.2) is 54.7 Å². The van der Waals surface area contributed by atoms with Gasteiger partial charge < -0.3 is 25.7 Å². The van der Waals surface area contributed by atoms with Crippen molar-refractivity contribution in [1.29, 1.82) is 0 Å². The van der Waals surface area contributed by atoms with Crippen LogP contribution in [0.2, 0.25) is 0 Å². The number of aromatic nitrogens is 1. The summed E-state index contributed by atoms with van der Waals surface area (Å²) in [5.74, 6) is -0.0994. The number of piperazine rings is 1. The first-order chi connectivity index (χ1) is 16.6. The normalized spacial score (nSPS) is 18.9. The van der Waals surface area contributed by atoms with E-state index in [1.165, 1.54) is 0 Å². The smallest absolute Gasteiger partial charge is 0.241 e. The van der Waals surface area contributed by atoms with Crippen molar-refractivity contribution in [3.8, 4) is 0 Å². The number of nitrogens with one attached hydrogen (secondary N) is 2. The lowest BCUT2D eigenvalue weighted by atomic mass is 10.0. The molecular weight excluding hydrogens is 430 g/mol. The number of ether oxygens (including phenoxy) is 1. The molecule has 0 spiro atoms. The van der Waals surface area contributed by atoms with Gasteiger partial charge in [0, 0.05) is 55.1 Å². The van der Waals surface area contributed by atoms with Crippen LogP contribution in [0.25, 0.3) is 10.9 Å². The number of nitrogens with two attached hydrogens (primary N) is 1. The Morgan fingerprint density at radius 1 is 1.12 bits per heavy atom. The molecule has 5 rings (SSSR count). The minimum atomic E-state index is -0.676. The molecule has 2 aliphatic rings. The molecule has 0 unspecified atom stereocenters. The average Bonchev–Trinajstić information content (AvgIpc) is 3.35. The molecule has 2 amide bonds. The van der Waals surface area contributed by atoms with Gasteiger partial charge in [-0.15, -0.1) is 0 Å². The van der Waals surface area contributed by atoms with Crippen LogP contribution in [0.4, 0.5) is 11.4 Å². The topological polar surface area (TPSA) is 104 Å². The fourth-order valence-corrected chi connectivity index (χ4v) is 4.90. The Balaban J connectivity index is 1.17. The fourth-order valence-electron chi connectivity index (χ4n) is 4.90. The third-order valence-corrected chi connectivity index (χ3v) is 6.85. The lowest BCUT2D eigenvalue weighted by Crippen LogP contribution is -2.54. The summed E-state index contributed by atoms with van der Waals surface area (Å²) in [6, 6.07) is 15.2. The molecule has 4 N–H and O–H groups in total. The lowest BCUT2D eigenvalue weighted by Gasteiger charge is -2.40. The molecule has 0 bridgehead atoms. The van der Waals surface area contributed by atoms with Crippen LogP contribution in [-0.4, -0.2) is 66.6 Å². The molecule has 2 aromatic carbocycles. The predicted octanol–water partition coefficient (Wildman–Crippen LogP) is 2.50. The molecule has 2 saturated heterocycles. The molecule has 1 aromatic heterocycles. The van der Waals surface area contributed by atoms with Crippen LogP contribution in [0.1, 0.15) is 18.4 Å². The molecular formula is C26H31N5O3. The van der Waals surface area contributed by atoms with Gasteiger partial charge in [0.2, 0.25) is 11.8 Å². The maximum absolute atomic E-state index is 12.8. The summed E-state index contributed by atoms with van der Waals surface area (Å²) in [6.07, 6.45) is 4.25. The fraction of sp³-hybridized carbons (Fsp3) is 0.385. The number of rotatable bonds is 6. The highest BCUT2D eigenvalue weighted by Gasteiger charge is 2.30. The van der Waals surface area contributed by atoms with Crippen LogP contribution >= 0.6 is 0 Å². The maximum atomic E-state index is 12.8. The SMILES string of the molecule is N[C@@H](Cc1ccc(N2CCN(C3CCOCC3)CC2=O)cc1)C(=O)Nc1cccc2[nH]ccc12. The van der Waals surface area contributed by atoms with Gasteiger partial charge in [0.1, 0.15) is 0 Å². The first-order valence-corrected chi connectivity index (χ1v) is 11.9. The molecule has 3 heterocycles. The van der Waals surface area contributed by atoms with E-state index in [4.69, 9.17) is 10.5 Å². The standard InChI is InChI=1S/C26H31N5O3/c27-22(26(33)29-24-3-1-2-23-21(24)8-11-28-23)16-18-4-6-20(7-5-18)31-13-12-30(17-25(31)32)19-9-14-34-15-10-19/h1-8,11,19,22,28H,9-10,12-17,27H2,(H,29,33)/t22-/m0/s1. The number of carbonyl (C=O) groups excluding carboxylic acids is 2. The largest absolute Gasteiger partial charge is 0.381 e. The van der Waals surface area contributed by atoms with Gasteiger partial charge in [-0.1, -0.05) is 18.2 Å². The Hall–Kier alpha value is -3.20. The second kappa shape index (κ2) is 9.97. The summed E-state index contributed by atoms with van der Waals surface area (Å²) in [7, 11) is 0. The quantitative estimate of drug-likeness (QED) is 0.523. The number of carbonyl (C=O) groups is 2. The monoisotopic (exact) mass is 461 g/mol. The second-order valence-electron chi connectivity index (χ2n) is 9.07. The number of anilines is 2. The zero-order chi connectivity index (χ0) is 23.5. The Bertz CT molecular complexity index is 1150. The molecule has 34 heavy (non-hydrogen) atoms. The van der Waals surface area contributed by atoms with Gasteiger partial charge in [-0.2, -0.15) is 0 Å². The zero-order valence-corrected chi connectivity index (χ0v) is 19.2. The highest BCUT2D eigenvalue weighted by molar-refractivity contribution is 6.03. The van der Waals surface area contributed by atoms with Crippen LogP contribution in [-0.2, 0) is 20.7 Å². The van der Waals surface area contributed by atoms with E-state index in [0.29, 0.717) is 25.6 Å². The van der Waals surface area contributed by atoms with E-state index in [9.17, 15) is 9.59 Å². The summed E-state index contributed by atoms with van der Waals surface area (Å²) in [5, 5.41) is 3.89. The number of aromatic amines is 1. The first kappa shape index (κ1) is 22.6. The molecule has 1 atom stereocenters. The van der Waals surface area contributed by atoms with Crippen molar-refractivity contribution in [2.75, 3.05) is 43.1 Å². The summed E-state index contributed by atoms with van der Waals surface area (Å²) >= 11 is 0. The molecule has 8 nitrogen and oxygen atoms in total. The van der Waals surface area contributed by atoms with Crippen molar-refractivity contribution < 1.29 is 14.3 Å². The molecule has 2 fully saturated rings. The molecule has 0 saturated carbocycles. The number of hydrogen-bond acceptors (Lipinski definition) is 5. The molecule has 8 heteroatoms.